The lowest BCUT2D eigenvalue weighted by Crippen LogP contribution is -2.38. The Kier molecular flexibility index (Phi) is 3.43. The van der Waals surface area contributed by atoms with Gasteiger partial charge in [-0.05, 0) is 44.7 Å². The molecule has 1 aromatic heterocycles. The standard InChI is InChI=1S/C13H21N3O/c1-2-11(8-14-6-1)9-16(12-3-4-12)10-13-5-7-15-17-13/h5,7,11-12,14H,1-4,6,8-10H2. The van der Waals surface area contributed by atoms with E-state index in [9.17, 15) is 0 Å². The van der Waals surface area contributed by atoms with Crippen LogP contribution in [0.4, 0.5) is 0 Å². The molecule has 2 heterocycles. The average molecular weight is 235 g/mol. The first-order valence-electron chi connectivity index (χ1n) is 6.76. The second-order valence-electron chi connectivity index (χ2n) is 5.35. The molecule has 3 rings (SSSR count). The summed E-state index contributed by atoms with van der Waals surface area (Å²) in [5.41, 5.74) is 0. The van der Waals surface area contributed by atoms with Crippen molar-refractivity contribution in [2.24, 2.45) is 5.92 Å². The number of rotatable bonds is 5. The van der Waals surface area contributed by atoms with Crippen LogP contribution in [0.1, 0.15) is 31.4 Å². The molecule has 1 N–H and O–H groups in total. The first-order valence-corrected chi connectivity index (χ1v) is 6.76. The zero-order valence-electron chi connectivity index (χ0n) is 10.3. The minimum absolute atomic E-state index is 0.794. The van der Waals surface area contributed by atoms with Gasteiger partial charge < -0.3 is 9.84 Å². The molecule has 1 atom stereocenters. The van der Waals surface area contributed by atoms with Gasteiger partial charge >= 0.3 is 0 Å². The summed E-state index contributed by atoms with van der Waals surface area (Å²) in [5, 5.41) is 7.28. The molecule has 0 aromatic carbocycles. The summed E-state index contributed by atoms with van der Waals surface area (Å²) >= 11 is 0. The second kappa shape index (κ2) is 5.19. The van der Waals surface area contributed by atoms with Gasteiger partial charge in [0.15, 0.2) is 5.76 Å². The third kappa shape index (κ3) is 3.07. The van der Waals surface area contributed by atoms with Crippen LogP contribution in [0.15, 0.2) is 16.8 Å². The Hall–Kier alpha value is -0.870. The van der Waals surface area contributed by atoms with E-state index in [4.69, 9.17) is 4.52 Å². The van der Waals surface area contributed by atoms with Crippen LogP contribution in [0.25, 0.3) is 0 Å². The molecule has 4 heteroatoms. The monoisotopic (exact) mass is 235 g/mol. The quantitative estimate of drug-likeness (QED) is 0.842. The van der Waals surface area contributed by atoms with Gasteiger partial charge in [-0.2, -0.15) is 0 Å². The minimum atomic E-state index is 0.794. The molecule has 4 nitrogen and oxygen atoms in total. The van der Waals surface area contributed by atoms with E-state index in [2.05, 4.69) is 15.4 Å². The molecule has 0 radical (unpaired) electrons. The smallest absolute Gasteiger partial charge is 0.150 e. The zero-order chi connectivity index (χ0) is 11.5. The van der Waals surface area contributed by atoms with Crippen LogP contribution >= 0.6 is 0 Å². The van der Waals surface area contributed by atoms with E-state index < -0.39 is 0 Å². The molecule has 0 bridgehead atoms. The molecular formula is C13H21N3O. The highest BCUT2D eigenvalue weighted by molar-refractivity contribution is 4.96. The van der Waals surface area contributed by atoms with Crippen LogP contribution in [0.3, 0.4) is 0 Å². The van der Waals surface area contributed by atoms with Gasteiger partial charge in [-0.25, -0.2) is 0 Å². The normalized spacial score (nSPS) is 25.4. The molecule has 0 amide bonds. The van der Waals surface area contributed by atoms with Crippen LogP contribution in [0.2, 0.25) is 0 Å². The molecule has 1 aliphatic carbocycles. The van der Waals surface area contributed by atoms with Crippen LogP contribution in [-0.2, 0) is 6.54 Å². The van der Waals surface area contributed by atoms with Crippen molar-refractivity contribution in [3.63, 3.8) is 0 Å². The lowest BCUT2D eigenvalue weighted by Gasteiger charge is -2.29. The van der Waals surface area contributed by atoms with Crippen molar-refractivity contribution >= 4 is 0 Å². The summed E-state index contributed by atoms with van der Waals surface area (Å²) < 4.78 is 5.22. The van der Waals surface area contributed by atoms with E-state index in [1.165, 1.54) is 45.3 Å². The van der Waals surface area contributed by atoms with Gasteiger partial charge in [-0.3, -0.25) is 4.90 Å². The molecule has 17 heavy (non-hydrogen) atoms. The maximum atomic E-state index is 5.22. The first-order chi connectivity index (χ1) is 8.42. The van der Waals surface area contributed by atoms with Gasteiger partial charge in [-0.15, -0.1) is 0 Å². The maximum absolute atomic E-state index is 5.22. The van der Waals surface area contributed by atoms with Crippen molar-refractivity contribution in [1.29, 1.82) is 0 Å². The van der Waals surface area contributed by atoms with Crippen LogP contribution in [0.5, 0.6) is 0 Å². The Morgan fingerprint density at radius 2 is 2.35 bits per heavy atom. The zero-order valence-corrected chi connectivity index (χ0v) is 10.3. The number of hydrogen-bond acceptors (Lipinski definition) is 4. The molecular weight excluding hydrogens is 214 g/mol. The van der Waals surface area contributed by atoms with Gasteiger partial charge in [0.05, 0.1) is 12.7 Å². The first kappa shape index (κ1) is 11.2. The van der Waals surface area contributed by atoms with Crippen molar-refractivity contribution in [2.45, 2.75) is 38.3 Å². The minimum Gasteiger partial charge on any atom is -0.360 e. The fourth-order valence-corrected chi connectivity index (χ4v) is 2.72. The molecule has 2 aliphatic rings. The van der Waals surface area contributed by atoms with Gasteiger partial charge in [0, 0.05) is 18.7 Å². The van der Waals surface area contributed by atoms with E-state index in [0.29, 0.717) is 0 Å². The van der Waals surface area contributed by atoms with E-state index in [1.54, 1.807) is 6.20 Å². The number of aromatic nitrogens is 1. The van der Waals surface area contributed by atoms with Crippen molar-refractivity contribution in [1.82, 2.24) is 15.4 Å². The molecule has 94 valence electrons. The highest BCUT2D eigenvalue weighted by atomic mass is 16.5. The number of hydrogen-bond donors (Lipinski definition) is 1. The summed E-state index contributed by atoms with van der Waals surface area (Å²) in [6.07, 6.45) is 7.14. The topological polar surface area (TPSA) is 41.3 Å². The maximum Gasteiger partial charge on any atom is 0.150 e. The van der Waals surface area contributed by atoms with Gasteiger partial charge in [-0.1, -0.05) is 5.16 Å². The highest BCUT2D eigenvalue weighted by Crippen LogP contribution is 2.29. The number of nitrogens with zero attached hydrogens (tertiary/aromatic N) is 2. The molecule has 2 fully saturated rings. The molecule has 0 spiro atoms. The van der Waals surface area contributed by atoms with E-state index in [-0.39, 0.29) is 0 Å². The van der Waals surface area contributed by atoms with Crippen LogP contribution < -0.4 is 5.32 Å². The molecule has 1 saturated carbocycles. The number of piperidine rings is 1. The van der Waals surface area contributed by atoms with Crippen LogP contribution in [-0.4, -0.2) is 35.7 Å². The summed E-state index contributed by atoms with van der Waals surface area (Å²) in [7, 11) is 0. The fourth-order valence-electron chi connectivity index (χ4n) is 2.72. The largest absolute Gasteiger partial charge is 0.360 e. The van der Waals surface area contributed by atoms with Crippen molar-refractivity contribution in [2.75, 3.05) is 19.6 Å². The Labute approximate surface area is 102 Å². The van der Waals surface area contributed by atoms with Gasteiger partial charge in [0.25, 0.3) is 0 Å². The summed E-state index contributed by atoms with van der Waals surface area (Å²) in [6.45, 7) is 4.52. The van der Waals surface area contributed by atoms with Crippen LogP contribution in [0, 0.1) is 5.92 Å². The predicted molar refractivity (Wildman–Crippen MR) is 65.5 cm³/mol. The van der Waals surface area contributed by atoms with E-state index >= 15 is 0 Å². The number of nitrogens with one attached hydrogen (secondary N) is 1. The van der Waals surface area contributed by atoms with E-state index in [1.807, 2.05) is 6.07 Å². The van der Waals surface area contributed by atoms with Crippen molar-refractivity contribution in [3.05, 3.63) is 18.0 Å². The lowest BCUT2D eigenvalue weighted by atomic mass is 9.99. The summed E-state index contributed by atoms with van der Waals surface area (Å²) in [5.74, 6) is 1.81. The molecule has 1 saturated heterocycles. The van der Waals surface area contributed by atoms with Gasteiger partial charge in [0.1, 0.15) is 0 Å². The van der Waals surface area contributed by atoms with Crippen molar-refractivity contribution < 1.29 is 4.52 Å². The average Bonchev–Trinajstić information content (AvgIpc) is 3.09. The Balaban J connectivity index is 1.56. The molecule has 1 unspecified atom stereocenters. The highest BCUT2D eigenvalue weighted by Gasteiger charge is 2.31. The Morgan fingerprint density at radius 1 is 1.41 bits per heavy atom. The third-order valence-electron chi connectivity index (χ3n) is 3.81. The third-order valence-corrected chi connectivity index (χ3v) is 3.81. The van der Waals surface area contributed by atoms with E-state index in [0.717, 1.165) is 24.3 Å². The lowest BCUT2D eigenvalue weighted by molar-refractivity contribution is 0.175. The SMILES string of the molecule is c1cc(CN(CC2CCCNC2)C2CC2)on1. The second-order valence-corrected chi connectivity index (χ2v) is 5.35. The fraction of sp³-hybridized carbons (Fsp3) is 0.769. The molecule has 1 aliphatic heterocycles. The Morgan fingerprint density at radius 3 is 3.00 bits per heavy atom. The van der Waals surface area contributed by atoms with Crippen molar-refractivity contribution in [3.8, 4) is 0 Å². The Bertz CT molecular complexity index is 328. The summed E-state index contributed by atoms with van der Waals surface area (Å²) in [4.78, 5) is 2.58. The predicted octanol–water partition coefficient (Wildman–Crippen LogP) is 1.64. The van der Waals surface area contributed by atoms with Gasteiger partial charge in [0.2, 0.25) is 0 Å². The molecule has 1 aromatic rings. The summed E-state index contributed by atoms with van der Waals surface area (Å²) in [6, 6.07) is 2.77.